The van der Waals surface area contributed by atoms with Gasteiger partial charge in [-0.3, -0.25) is 0 Å². The number of benzene rings is 2. The molecule has 1 aliphatic heterocycles. The number of fused-ring (bicyclic) bond motifs is 3. The summed E-state index contributed by atoms with van der Waals surface area (Å²) >= 11 is 0. The second-order valence-corrected chi connectivity index (χ2v) is 6.21. The largest absolute Gasteiger partial charge is 0.357 e. The van der Waals surface area contributed by atoms with Crippen LogP contribution in [-0.4, -0.2) is 23.8 Å². The van der Waals surface area contributed by atoms with Crippen molar-refractivity contribution in [3.63, 3.8) is 0 Å². The lowest BCUT2D eigenvalue weighted by Crippen LogP contribution is -2.31. The molecule has 2 aliphatic rings. The lowest BCUT2D eigenvalue weighted by molar-refractivity contribution is 0.466. The number of nitrogens with zero attached hydrogens (tertiary/aromatic N) is 2. The molecule has 25 heavy (non-hydrogen) atoms. The Morgan fingerprint density at radius 1 is 0.760 bits per heavy atom. The average molecular weight is 326 g/mol. The third-order valence-corrected chi connectivity index (χ3v) is 4.91. The van der Waals surface area contributed by atoms with Crippen LogP contribution in [0.5, 0.6) is 0 Å². The van der Waals surface area contributed by atoms with E-state index in [9.17, 15) is 0 Å². The van der Waals surface area contributed by atoms with E-state index in [-0.39, 0.29) is 0 Å². The van der Waals surface area contributed by atoms with Crippen LogP contribution in [0.15, 0.2) is 83.5 Å². The van der Waals surface area contributed by atoms with E-state index in [0.717, 1.165) is 18.9 Å². The van der Waals surface area contributed by atoms with Crippen molar-refractivity contribution >= 4 is 11.4 Å². The molecule has 2 heteroatoms. The average Bonchev–Trinajstić information content (AvgIpc) is 2.80. The predicted octanol–water partition coefficient (Wildman–Crippen LogP) is 5.29. The maximum atomic E-state index is 4.78. The number of aliphatic imine (C=N–C) groups is 1. The molecule has 1 aliphatic carbocycles. The molecule has 0 atom stereocenters. The minimum Gasteiger partial charge on any atom is -0.357 e. The molecule has 0 radical (unpaired) electrons. The summed E-state index contributed by atoms with van der Waals surface area (Å²) in [5, 5.41) is 0. The highest BCUT2D eigenvalue weighted by Gasteiger charge is 2.27. The number of amidine groups is 1. The topological polar surface area (TPSA) is 15.6 Å². The fourth-order valence-electron chi connectivity index (χ4n) is 3.74. The van der Waals surface area contributed by atoms with Gasteiger partial charge in [0.25, 0.3) is 0 Å². The lowest BCUT2D eigenvalue weighted by atomic mass is 9.96. The van der Waals surface area contributed by atoms with Gasteiger partial charge in [0, 0.05) is 30.4 Å². The van der Waals surface area contributed by atoms with Crippen molar-refractivity contribution in [2.75, 3.05) is 13.1 Å². The Hall–Kier alpha value is -2.87. The number of hydrogen-bond acceptors (Lipinski definition) is 2. The smallest absolute Gasteiger partial charge is 0.136 e. The molecule has 1 heterocycles. The second kappa shape index (κ2) is 6.56. The lowest BCUT2D eigenvalue weighted by Gasteiger charge is -2.24. The van der Waals surface area contributed by atoms with Crippen LogP contribution in [0.1, 0.15) is 25.0 Å². The molecule has 0 aromatic heterocycles. The van der Waals surface area contributed by atoms with E-state index in [4.69, 9.17) is 4.99 Å². The van der Waals surface area contributed by atoms with Gasteiger partial charge in [0.2, 0.25) is 0 Å². The first-order valence-corrected chi connectivity index (χ1v) is 8.95. The van der Waals surface area contributed by atoms with Gasteiger partial charge in [-0.05, 0) is 42.2 Å². The van der Waals surface area contributed by atoms with Crippen LogP contribution in [0.4, 0.5) is 0 Å². The molecule has 0 bridgehead atoms. The Bertz CT molecular complexity index is 877. The molecule has 2 aromatic carbocycles. The minimum absolute atomic E-state index is 0.942. The zero-order valence-electron chi connectivity index (χ0n) is 14.7. The summed E-state index contributed by atoms with van der Waals surface area (Å²) < 4.78 is 0. The van der Waals surface area contributed by atoms with Crippen molar-refractivity contribution in [2.45, 2.75) is 13.8 Å². The van der Waals surface area contributed by atoms with Gasteiger partial charge in [0.05, 0.1) is 0 Å². The Morgan fingerprint density at radius 3 is 1.88 bits per heavy atom. The highest BCUT2D eigenvalue weighted by Crippen LogP contribution is 2.46. The van der Waals surface area contributed by atoms with Crippen LogP contribution in [0.3, 0.4) is 0 Å². The standard InChI is InChI=1S/C23H22N2/c1-3-25(4-2)23-21(15-9-10-16-24-23)22-19-13-7-5-11-17(19)18-12-6-8-14-20(18)22/h5-16H,3-4H2,1-2H3. The molecule has 0 N–H and O–H groups in total. The zero-order chi connectivity index (χ0) is 17.2. The van der Waals surface area contributed by atoms with Crippen LogP contribution >= 0.6 is 0 Å². The Balaban J connectivity index is 2.03. The van der Waals surface area contributed by atoms with Gasteiger partial charge in [0.1, 0.15) is 5.84 Å². The highest BCUT2D eigenvalue weighted by molar-refractivity contribution is 6.15. The quantitative estimate of drug-likeness (QED) is 0.624. The van der Waals surface area contributed by atoms with Gasteiger partial charge in [0.15, 0.2) is 0 Å². The normalized spacial score (nSPS) is 14.9. The summed E-state index contributed by atoms with van der Waals surface area (Å²) in [6.45, 7) is 6.25. The molecule has 4 rings (SSSR count). The number of likely N-dealkylation sites (N-methyl/N-ethyl adjacent to an activating group) is 1. The number of hydrogen-bond donors (Lipinski definition) is 0. The van der Waals surface area contributed by atoms with Crippen LogP contribution in [0.25, 0.3) is 16.7 Å². The van der Waals surface area contributed by atoms with Gasteiger partial charge in [-0.25, -0.2) is 4.99 Å². The molecule has 0 fully saturated rings. The minimum atomic E-state index is 0.942. The molecule has 2 nitrogen and oxygen atoms in total. The summed E-state index contributed by atoms with van der Waals surface area (Å²) in [6.07, 6.45) is 8.19. The van der Waals surface area contributed by atoms with E-state index in [0.29, 0.717) is 0 Å². The molecule has 0 unspecified atom stereocenters. The van der Waals surface area contributed by atoms with Crippen LogP contribution < -0.4 is 0 Å². The summed E-state index contributed by atoms with van der Waals surface area (Å²) in [5.74, 6) is 1.05. The van der Waals surface area contributed by atoms with E-state index >= 15 is 0 Å². The van der Waals surface area contributed by atoms with Gasteiger partial charge in [-0.1, -0.05) is 60.7 Å². The van der Waals surface area contributed by atoms with Crippen LogP contribution in [0, 0.1) is 0 Å². The molecule has 0 amide bonds. The SMILES string of the molecule is CCN(CC)C1=NC=CC=CC1=C1c2ccccc2-c2ccccc21. The van der Waals surface area contributed by atoms with Crippen LogP contribution in [0.2, 0.25) is 0 Å². The van der Waals surface area contributed by atoms with E-state index in [2.05, 4.69) is 79.4 Å². The fourth-order valence-corrected chi connectivity index (χ4v) is 3.74. The van der Waals surface area contributed by atoms with Crippen molar-refractivity contribution < 1.29 is 0 Å². The first-order valence-electron chi connectivity index (χ1n) is 8.95. The summed E-state index contributed by atoms with van der Waals surface area (Å²) in [6, 6.07) is 17.4. The van der Waals surface area contributed by atoms with Gasteiger partial charge < -0.3 is 4.90 Å². The van der Waals surface area contributed by atoms with Crippen LogP contribution in [-0.2, 0) is 0 Å². The Labute approximate surface area is 149 Å². The Kier molecular flexibility index (Phi) is 4.10. The molecular formula is C23H22N2. The molecule has 0 spiro atoms. The highest BCUT2D eigenvalue weighted by atomic mass is 15.2. The van der Waals surface area contributed by atoms with E-state index in [1.54, 1.807) is 0 Å². The van der Waals surface area contributed by atoms with E-state index in [1.165, 1.54) is 33.4 Å². The molecule has 2 aromatic rings. The van der Waals surface area contributed by atoms with E-state index in [1.807, 2.05) is 12.3 Å². The fraction of sp³-hybridized carbons (Fsp3) is 0.174. The van der Waals surface area contributed by atoms with E-state index < -0.39 is 0 Å². The molecular weight excluding hydrogens is 304 g/mol. The first kappa shape index (κ1) is 15.6. The molecule has 124 valence electrons. The number of rotatable bonds is 2. The van der Waals surface area contributed by atoms with Crippen molar-refractivity contribution in [2.24, 2.45) is 4.99 Å². The summed E-state index contributed by atoms with van der Waals surface area (Å²) in [4.78, 5) is 7.10. The van der Waals surface area contributed by atoms with Gasteiger partial charge in [-0.2, -0.15) is 0 Å². The number of allylic oxidation sites excluding steroid dienone is 2. The second-order valence-electron chi connectivity index (χ2n) is 6.21. The molecule has 0 saturated heterocycles. The summed E-state index contributed by atoms with van der Waals surface area (Å²) in [5.41, 5.74) is 7.70. The predicted molar refractivity (Wildman–Crippen MR) is 107 cm³/mol. The zero-order valence-corrected chi connectivity index (χ0v) is 14.7. The van der Waals surface area contributed by atoms with Crippen molar-refractivity contribution in [1.29, 1.82) is 0 Å². The monoisotopic (exact) mass is 326 g/mol. The first-order chi connectivity index (χ1) is 12.3. The maximum Gasteiger partial charge on any atom is 0.136 e. The Morgan fingerprint density at radius 2 is 1.32 bits per heavy atom. The van der Waals surface area contributed by atoms with Gasteiger partial charge in [-0.15, -0.1) is 0 Å². The van der Waals surface area contributed by atoms with Crippen molar-refractivity contribution in [1.82, 2.24) is 4.90 Å². The van der Waals surface area contributed by atoms with Crippen molar-refractivity contribution in [3.05, 3.63) is 89.7 Å². The van der Waals surface area contributed by atoms with Gasteiger partial charge >= 0.3 is 0 Å². The maximum absolute atomic E-state index is 4.78. The summed E-state index contributed by atoms with van der Waals surface area (Å²) in [7, 11) is 0. The third-order valence-electron chi connectivity index (χ3n) is 4.91. The van der Waals surface area contributed by atoms with Crippen molar-refractivity contribution in [3.8, 4) is 11.1 Å². The third kappa shape index (κ3) is 2.54. The molecule has 0 saturated carbocycles.